The van der Waals surface area contributed by atoms with E-state index in [0.717, 1.165) is 0 Å². The Morgan fingerprint density at radius 1 is 1.27 bits per heavy atom. The van der Waals surface area contributed by atoms with E-state index in [4.69, 9.17) is 4.74 Å². The monoisotopic (exact) mass is 207 g/mol. The highest BCUT2D eigenvalue weighted by Gasteiger charge is 2.05. The number of carbonyl (C=O) groups excluding carboxylic acids is 2. The Labute approximate surface area is 88.2 Å². The number of carbonyl (C=O) groups is 2. The summed E-state index contributed by atoms with van der Waals surface area (Å²) in [6.07, 6.45) is 0. The largest absolute Gasteiger partial charge is 0.497 e. The lowest BCUT2D eigenvalue weighted by molar-refractivity contribution is -0.116. The van der Waals surface area contributed by atoms with Gasteiger partial charge in [-0.3, -0.25) is 9.59 Å². The van der Waals surface area contributed by atoms with E-state index in [0.29, 0.717) is 11.3 Å². The van der Waals surface area contributed by atoms with E-state index in [9.17, 15) is 9.59 Å². The van der Waals surface area contributed by atoms with Gasteiger partial charge in [-0.15, -0.1) is 0 Å². The standard InChI is InChI=1S/C11H13NO3/c1-8(13)7-12-11(14)9-3-5-10(15-2)6-4-9/h3-6H,7H2,1-2H3,(H,12,14). The molecule has 0 atom stereocenters. The molecular formula is C11H13NO3. The van der Waals surface area contributed by atoms with Crippen LogP contribution in [-0.4, -0.2) is 25.3 Å². The zero-order valence-corrected chi connectivity index (χ0v) is 8.74. The Bertz CT molecular complexity index is 357. The lowest BCUT2D eigenvalue weighted by atomic mass is 10.2. The van der Waals surface area contributed by atoms with E-state index in [1.165, 1.54) is 6.92 Å². The fraction of sp³-hybridized carbons (Fsp3) is 0.273. The van der Waals surface area contributed by atoms with Crippen molar-refractivity contribution in [3.63, 3.8) is 0 Å². The fourth-order valence-corrected chi connectivity index (χ4v) is 1.05. The van der Waals surface area contributed by atoms with E-state index < -0.39 is 0 Å². The van der Waals surface area contributed by atoms with Crippen molar-refractivity contribution in [1.29, 1.82) is 0 Å². The SMILES string of the molecule is COc1ccc(C(=O)NCC(C)=O)cc1. The van der Waals surface area contributed by atoms with Gasteiger partial charge in [0.15, 0.2) is 0 Å². The molecule has 0 bridgehead atoms. The van der Waals surface area contributed by atoms with E-state index >= 15 is 0 Å². The smallest absolute Gasteiger partial charge is 0.251 e. The highest BCUT2D eigenvalue weighted by Crippen LogP contribution is 2.10. The molecule has 0 unspecified atom stereocenters. The molecule has 0 saturated heterocycles. The molecule has 4 nitrogen and oxygen atoms in total. The van der Waals surface area contributed by atoms with Gasteiger partial charge in [-0.2, -0.15) is 0 Å². The fourth-order valence-electron chi connectivity index (χ4n) is 1.05. The number of amides is 1. The minimum atomic E-state index is -0.257. The number of methoxy groups -OCH3 is 1. The maximum atomic E-state index is 11.4. The number of hydrogen-bond donors (Lipinski definition) is 1. The molecule has 1 amide bonds. The van der Waals surface area contributed by atoms with Crippen LogP contribution >= 0.6 is 0 Å². The van der Waals surface area contributed by atoms with Gasteiger partial charge in [0, 0.05) is 5.56 Å². The lowest BCUT2D eigenvalue weighted by Gasteiger charge is -2.03. The van der Waals surface area contributed by atoms with Crippen LogP contribution in [0, 0.1) is 0 Å². The molecule has 0 aliphatic heterocycles. The summed E-state index contributed by atoms with van der Waals surface area (Å²) in [5.41, 5.74) is 0.511. The van der Waals surface area contributed by atoms with Crippen LogP contribution in [-0.2, 0) is 4.79 Å². The number of hydrogen-bond acceptors (Lipinski definition) is 3. The van der Waals surface area contributed by atoms with Crippen LogP contribution in [0.2, 0.25) is 0 Å². The normalized spacial score (nSPS) is 9.47. The quantitative estimate of drug-likeness (QED) is 0.801. The van der Waals surface area contributed by atoms with Gasteiger partial charge in [0.2, 0.25) is 0 Å². The number of ether oxygens (including phenoxy) is 1. The van der Waals surface area contributed by atoms with Gasteiger partial charge in [-0.05, 0) is 31.2 Å². The molecule has 1 aromatic rings. The summed E-state index contributed by atoms with van der Waals surface area (Å²) in [5, 5.41) is 2.51. The van der Waals surface area contributed by atoms with E-state index in [1.807, 2.05) is 0 Å². The Balaban J connectivity index is 2.62. The Morgan fingerprint density at radius 2 is 1.87 bits per heavy atom. The average molecular weight is 207 g/mol. The van der Waals surface area contributed by atoms with Gasteiger partial charge in [0.25, 0.3) is 5.91 Å². The van der Waals surface area contributed by atoms with Crippen LogP contribution in [0.25, 0.3) is 0 Å². The molecule has 0 spiro atoms. The number of ketones is 1. The van der Waals surface area contributed by atoms with Gasteiger partial charge in [0.1, 0.15) is 11.5 Å². The second-order valence-corrected chi connectivity index (χ2v) is 3.11. The molecule has 80 valence electrons. The Kier molecular flexibility index (Phi) is 3.85. The lowest BCUT2D eigenvalue weighted by Crippen LogP contribution is -2.28. The van der Waals surface area contributed by atoms with Gasteiger partial charge in [0.05, 0.1) is 13.7 Å². The third kappa shape index (κ3) is 3.42. The molecule has 1 rings (SSSR count). The molecule has 4 heteroatoms. The van der Waals surface area contributed by atoms with Crippen LogP contribution in [0.4, 0.5) is 0 Å². The van der Waals surface area contributed by atoms with Crippen molar-refractivity contribution in [3.8, 4) is 5.75 Å². The maximum absolute atomic E-state index is 11.4. The van der Waals surface area contributed by atoms with Crippen molar-refractivity contribution in [2.75, 3.05) is 13.7 Å². The van der Waals surface area contributed by atoms with Crippen LogP contribution in [0.5, 0.6) is 5.75 Å². The summed E-state index contributed by atoms with van der Waals surface area (Å²) in [5.74, 6) is 0.364. The first-order valence-electron chi connectivity index (χ1n) is 4.55. The molecule has 1 N–H and O–H groups in total. The van der Waals surface area contributed by atoms with Gasteiger partial charge in [-0.1, -0.05) is 0 Å². The second kappa shape index (κ2) is 5.14. The second-order valence-electron chi connectivity index (χ2n) is 3.11. The van der Waals surface area contributed by atoms with Gasteiger partial charge < -0.3 is 10.1 Å². The van der Waals surface area contributed by atoms with Crippen molar-refractivity contribution in [2.24, 2.45) is 0 Å². The van der Waals surface area contributed by atoms with E-state index in [2.05, 4.69) is 5.32 Å². The van der Waals surface area contributed by atoms with Crippen molar-refractivity contribution < 1.29 is 14.3 Å². The first kappa shape index (κ1) is 11.2. The third-order valence-corrected chi connectivity index (χ3v) is 1.85. The predicted molar refractivity (Wildman–Crippen MR) is 56.0 cm³/mol. The maximum Gasteiger partial charge on any atom is 0.251 e. The van der Waals surface area contributed by atoms with Crippen molar-refractivity contribution >= 4 is 11.7 Å². The minimum Gasteiger partial charge on any atom is -0.497 e. The minimum absolute atomic E-state index is 0.0604. The molecule has 0 fully saturated rings. The number of nitrogens with one attached hydrogen (secondary N) is 1. The molecule has 0 aliphatic carbocycles. The molecule has 15 heavy (non-hydrogen) atoms. The highest BCUT2D eigenvalue weighted by atomic mass is 16.5. The molecule has 0 saturated carbocycles. The molecule has 1 aromatic carbocycles. The van der Waals surface area contributed by atoms with Crippen LogP contribution in [0.3, 0.4) is 0 Å². The number of rotatable bonds is 4. The van der Waals surface area contributed by atoms with E-state index in [-0.39, 0.29) is 18.2 Å². The number of Topliss-reactive ketones (excluding diaryl/α,β-unsaturated/α-hetero) is 1. The number of benzene rings is 1. The summed E-state index contributed by atoms with van der Waals surface area (Å²) >= 11 is 0. The van der Waals surface area contributed by atoms with Crippen LogP contribution in [0.1, 0.15) is 17.3 Å². The highest BCUT2D eigenvalue weighted by molar-refractivity contribution is 5.96. The summed E-state index contributed by atoms with van der Waals surface area (Å²) < 4.78 is 4.96. The average Bonchev–Trinajstić information content (AvgIpc) is 2.26. The predicted octanol–water partition coefficient (Wildman–Crippen LogP) is 1.01. The molecule has 0 aromatic heterocycles. The first-order chi connectivity index (χ1) is 7.13. The first-order valence-corrected chi connectivity index (χ1v) is 4.55. The van der Waals surface area contributed by atoms with Crippen molar-refractivity contribution in [3.05, 3.63) is 29.8 Å². The summed E-state index contributed by atoms with van der Waals surface area (Å²) in [6.45, 7) is 1.49. The Morgan fingerprint density at radius 3 is 2.33 bits per heavy atom. The molecule has 0 radical (unpaired) electrons. The summed E-state index contributed by atoms with van der Waals surface area (Å²) in [4.78, 5) is 22.1. The van der Waals surface area contributed by atoms with E-state index in [1.54, 1.807) is 31.4 Å². The molecule has 0 heterocycles. The third-order valence-electron chi connectivity index (χ3n) is 1.85. The van der Waals surface area contributed by atoms with Gasteiger partial charge in [-0.25, -0.2) is 0 Å². The van der Waals surface area contributed by atoms with Crippen LogP contribution in [0.15, 0.2) is 24.3 Å². The topological polar surface area (TPSA) is 55.4 Å². The van der Waals surface area contributed by atoms with Crippen molar-refractivity contribution in [1.82, 2.24) is 5.32 Å². The van der Waals surface area contributed by atoms with Crippen molar-refractivity contribution in [2.45, 2.75) is 6.92 Å². The van der Waals surface area contributed by atoms with Crippen LogP contribution < -0.4 is 10.1 Å². The Hall–Kier alpha value is -1.84. The summed E-state index contributed by atoms with van der Waals surface area (Å²) in [6, 6.07) is 6.69. The molecular weight excluding hydrogens is 194 g/mol. The van der Waals surface area contributed by atoms with Gasteiger partial charge >= 0.3 is 0 Å². The molecule has 0 aliphatic rings. The summed E-state index contributed by atoms with van der Waals surface area (Å²) in [7, 11) is 1.56. The zero-order valence-electron chi connectivity index (χ0n) is 8.74. The zero-order chi connectivity index (χ0) is 11.3.